The first kappa shape index (κ1) is 46.7. The summed E-state index contributed by atoms with van der Waals surface area (Å²) in [6.07, 6.45) is -2.33. The Balaban J connectivity index is 1.59. The maximum atomic E-state index is 13.3. The topological polar surface area (TPSA) is 290 Å². The minimum atomic E-state index is -1.78. The van der Waals surface area contributed by atoms with Gasteiger partial charge < -0.3 is 54.2 Å². The van der Waals surface area contributed by atoms with Crippen LogP contribution in [0.1, 0.15) is 62.0 Å². The molecule has 7 unspecified atom stereocenters. The third kappa shape index (κ3) is 14.0. The highest BCUT2D eigenvalue weighted by atomic mass is 35.5. The van der Waals surface area contributed by atoms with E-state index in [1.807, 2.05) is 18.2 Å². The quantitative estimate of drug-likeness (QED) is 0.0385. The van der Waals surface area contributed by atoms with Gasteiger partial charge in [0.2, 0.25) is 23.5 Å². The van der Waals surface area contributed by atoms with Crippen molar-refractivity contribution >= 4 is 52.8 Å². The molecular formula is C40H52ClN9O8. The summed E-state index contributed by atoms with van der Waals surface area (Å²) in [7, 11) is 0. The van der Waals surface area contributed by atoms with Gasteiger partial charge in [0.05, 0.1) is 18.2 Å². The fraction of sp³-hybridized carbons (Fsp3) is 0.375. The molecule has 0 aliphatic carbocycles. The van der Waals surface area contributed by atoms with Gasteiger partial charge in [-0.2, -0.15) is 0 Å². The van der Waals surface area contributed by atoms with Crippen LogP contribution in [-0.2, 0) is 28.8 Å². The molecule has 3 rings (SSSR count). The average molecular weight is 822 g/mol. The number of unbranched alkanes of at least 4 members (excludes halogenated alkanes) is 1. The second kappa shape index (κ2) is 22.9. The Morgan fingerprint density at radius 2 is 1.24 bits per heavy atom. The Hall–Kier alpha value is -5.72. The standard InChI is InChI=1S/C40H52ClN9O8/c1-22(25-9-5-4-6-10-25)45-39(57)33(52)23(2)46-36(54)30(11-7-8-20-42)47-40(58)34(44)50-38(56)32(24(3)51)49-37(55)31(21-43)48-35(53)28-14-12-26(13-15-28)27-16-18-29(41)19-17-27/h4-6,9-10,12-19,22-24,30-32,34,51H,7-8,11,20-21,42-44H2,1-3H3,(H,45,57)(H,46,54)(H,47,58)(H,48,53)(H,49,55)(H,50,56). The predicted octanol–water partition coefficient (Wildman–Crippen LogP) is -0.104. The normalized spacial score (nSPS) is 14.6. The number of nitrogens with one attached hydrogen (secondary N) is 6. The molecule has 0 saturated carbocycles. The second-order valence-corrected chi connectivity index (χ2v) is 14.0. The predicted molar refractivity (Wildman–Crippen MR) is 217 cm³/mol. The van der Waals surface area contributed by atoms with Gasteiger partial charge in [-0.05, 0) is 87.5 Å². The lowest BCUT2D eigenvalue weighted by Crippen LogP contribution is -2.63. The zero-order valence-corrected chi connectivity index (χ0v) is 33.3. The Morgan fingerprint density at radius 1 is 0.655 bits per heavy atom. The third-order valence-corrected chi connectivity index (χ3v) is 9.28. The number of carbonyl (C=O) groups is 7. The van der Waals surface area contributed by atoms with E-state index >= 15 is 0 Å². The van der Waals surface area contributed by atoms with Crippen molar-refractivity contribution in [1.29, 1.82) is 0 Å². The number of aliphatic hydroxyl groups excluding tert-OH is 1. The van der Waals surface area contributed by atoms with Gasteiger partial charge in [-0.25, -0.2) is 0 Å². The van der Waals surface area contributed by atoms with Crippen LogP contribution < -0.4 is 49.1 Å². The van der Waals surface area contributed by atoms with Gasteiger partial charge in [0.25, 0.3) is 17.7 Å². The molecule has 0 fully saturated rings. The van der Waals surface area contributed by atoms with E-state index in [0.29, 0.717) is 24.4 Å². The molecule has 18 heteroatoms. The minimum Gasteiger partial charge on any atom is -0.391 e. The van der Waals surface area contributed by atoms with Crippen LogP contribution in [0.15, 0.2) is 78.9 Å². The number of ketones is 1. The van der Waals surface area contributed by atoms with Crippen LogP contribution in [0.2, 0.25) is 5.02 Å². The zero-order chi connectivity index (χ0) is 42.9. The molecule has 0 aliphatic rings. The SMILES string of the molecule is CC(NC(=O)C(CCCCN)NC(=O)C(N)NC(=O)C(NC(=O)C(CN)NC(=O)c1ccc(-c2ccc(Cl)cc2)cc1)C(C)O)C(=O)C(=O)NC(C)c1ccccc1. The maximum absolute atomic E-state index is 13.3. The van der Waals surface area contributed by atoms with E-state index < -0.39 is 83.7 Å². The van der Waals surface area contributed by atoms with E-state index in [9.17, 15) is 38.7 Å². The number of Topliss-reactive ketones (excluding diaryl/α,β-unsaturated/α-hetero) is 1. The van der Waals surface area contributed by atoms with Gasteiger partial charge >= 0.3 is 0 Å². The van der Waals surface area contributed by atoms with Crippen molar-refractivity contribution in [2.45, 2.75) is 82.5 Å². The molecule has 7 atom stereocenters. The van der Waals surface area contributed by atoms with Crippen molar-refractivity contribution in [2.75, 3.05) is 13.1 Å². The van der Waals surface area contributed by atoms with Crippen molar-refractivity contribution in [3.05, 3.63) is 95.0 Å². The number of nitrogens with two attached hydrogens (primary N) is 3. The van der Waals surface area contributed by atoms with Crippen LogP contribution in [0.3, 0.4) is 0 Å². The molecule has 13 N–H and O–H groups in total. The highest BCUT2D eigenvalue weighted by Gasteiger charge is 2.33. The number of amides is 6. The van der Waals surface area contributed by atoms with E-state index in [1.54, 1.807) is 67.6 Å². The molecule has 3 aromatic carbocycles. The van der Waals surface area contributed by atoms with Crippen molar-refractivity contribution in [3.8, 4) is 11.1 Å². The molecule has 0 aromatic heterocycles. The van der Waals surface area contributed by atoms with Gasteiger partial charge in [0, 0.05) is 17.1 Å². The van der Waals surface area contributed by atoms with Crippen LogP contribution in [0.25, 0.3) is 11.1 Å². The van der Waals surface area contributed by atoms with Crippen LogP contribution in [-0.4, -0.2) is 95.9 Å². The van der Waals surface area contributed by atoms with Crippen molar-refractivity contribution in [3.63, 3.8) is 0 Å². The van der Waals surface area contributed by atoms with Gasteiger partial charge in [-0.15, -0.1) is 0 Å². The summed E-state index contributed by atoms with van der Waals surface area (Å²) >= 11 is 5.96. The fourth-order valence-electron chi connectivity index (χ4n) is 5.59. The Bertz CT molecular complexity index is 1880. The largest absolute Gasteiger partial charge is 0.391 e. The zero-order valence-electron chi connectivity index (χ0n) is 32.5. The summed E-state index contributed by atoms with van der Waals surface area (Å²) in [5.41, 5.74) is 20.0. The first-order chi connectivity index (χ1) is 27.6. The molecular weight excluding hydrogens is 770 g/mol. The molecule has 0 radical (unpaired) electrons. The maximum Gasteiger partial charge on any atom is 0.290 e. The van der Waals surface area contributed by atoms with Gasteiger partial charge in [-0.3, -0.25) is 33.6 Å². The highest BCUT2D eigenvalue weighted by Crippen LogP contribution is 2.22. The molecule has 58 heavy (non-hydrogen) atoms. The third-order valence-electron chi connectivity index (χ3n) is 9.03. The molecule has 3 aromatic rings. The molecule has 0 aliphatic heterocycles. The fourth-order valence-corrected chi connectivity index (χ4v) is 5.72. The van der Waals surface area contributed by atoms with E-state index in [1.165, 1.54) is 13.8 Å². The van der Waals surface area contributed by atoms with E-state index in [0.717, 1.165) is 16.7 Å². The molecule has 6 amide bonds. The van der Waals surface area contributed by atoms with Gasteiger partial charge in [-0.1, -0.05) is 66.2 Å². The lowest BCUT2D eigenvalue weighted by molar-refractivity contribution is -0.140. The van der Waals surface area contributed by atoms with E-state index in [-0.39, 0.29) is 18.5 Å². The Kier molecular flexibility index (Phi) is 18.4. The van der Waals surface area contributed by atoms with Crippen LogP contribution in [0, 0.1) is 0 Å². The lowest BCUT2D eigenvalue weighted by atomic mass is 10.0. The average Bonchev–Trinajstić information content (AvgIpc) is 3.21. The van der Waals surface area contributed by atoms with Gasteiger partial charge in [0.1, 0.15) is 18.1 Å². The number of hydrogen-bond donors (Lipinski definition) is 10. The molecule has 0 bridgehead atoms. The summed E-state index contributed by atoms with van der Waals surface area (Å²) in [5, 5.41) is 25.5. The number of halogens is 1. The number of benzene rings is 3. The number of aliphatic hydroxyl groups is 1. The Labute approximate surface area is 341 Å². The van der Waals surface area contributed by atoms with Crippen molar-refractivity contribution < 1.29 is 38.7 Å². The smallest absolute Gasteiger partial charge is 0.290 e. The molecule has 17 nitrogen and oxygen atoms in total. The summed E-state index contributed by atoms with van der Waals surface area (Å²) in [6, 6.07) is 16.7. The summed E-state index contributed by atoms with van der Waals surface area (Å²) in [4.78, 5) is 91.3. The van der Waals surface area contributed by atoms with Crippen LogP contribution in [0.4, 0.5) is 0 Å². The van der Waals surface area contributed by atoms with E-state index in [2.05, 4.69) is 31.9 Å². The number of rotatable bonds is 21. The summed E-state index contributed by atoms with van der Waals surface area (Å²) in [6.45, 7) is 4.16. The lowest BCUT2D eigenvalue weighted by Gasteiger charge is -2.26. The first-order valence-electron chi connectivity index (χ1n) is 18.7. The summed E-state index contributed by atoms with van der Waals surface area (Å²) < 4.78 is 0. The molecule has 0 spiro atoms. The number of carbonyl (C=O) groups excluding carboxylic acids is 7. The van der Waals surface area contributed by atoms with Crippen molar-refractivity contribution in [2.24, 2.45) is 17.2 Å². The van der Waals surface area contributed by atoms with Crippen LogP contribution >= 0.6 is 11.6 Å². The highest BCUT2D eigenvalue weighted by molar-refractivity contribution is 6.38. The van der Waals surface area contributed by atoms with Crippen LogP contribution in [0.5, 0.6) is 0 Å². The number of hydrogen-bond acceptors (Lipinski definition) is 11. The molecule has 312 valence electrons. The molecule has 0 heterocycles. The Morgan fingerprint density at radius 3 is 1.81 bits per heavy atom. The summed E-state index contributed by atoms with van der Waals surface area (Å²) in [5.74, 6) is -6.25. The minimum absolute atomic E-state index is 0.0681. The van der Waals surface area contributed by atoms with E-state index in [4.69, 9.17) is 28.8 Å². The monoisotopic (exact) mass is 821 g/mol. The first-order valence-corrected chi connectivity index (χ1v) is 19.1. The second-order valence-electron chi connectivity index (χ2n) is 13.6. The molecule has 0 saturated heterocycles. The van der Waals surface area contributed by atoms with Gasteiger partial charge in [0.15, 0.2) is 6.17 Å². The van der Waals surface area contributed by atoms with Crippen molar-refractivity contribution in [1.82, 2.24) is 31.9 Å².